The summed E-state index contributed by atoms with van der Waals surface area (Å²) < 4.78 is 9.50. The molecule has 2 atom stereocenters. The molecule has 0 aromatic heterocycles. The van der Waals surface area contributed by atoms with Crippen molar-refractivity contribution in [2.24, 2.45) is 0 Å². The standard InChI is InChI=1S/C6H14O4/c1-5(6(8)3-7)10-4-9-2/h5-8H,3-4H2,1-2H3/t5-,6+/m0/s1. The summed E-state index contributed by atoms with van der Waals surface area (Å²) in [5.74, 6) is 0. The van der Waals surface area contributed by atoms with Gasteiger partial charge >= 0.3 is 0 Å². The summed E-state index contributed by atoms with van der Waals surface area (Å²) in [4.78, 5) is 0. The maximum Gasteiger partial charge on any atom is 0.146 e. The van der Waals surface area contributed by atoms with E-state index in [-0.39, 0.29) is 19.5 Å². The first-order chi connectivity index (χ1) is 4.72. The van der Waals surface area contributed by atoms with E-state index in [1.807, 2.05) is 0 Å². The van der Waals surface area contributed by atoms with Crippen LogP contribution in [0.2, 0.25) is 0 Å². The molecule has 0 saturated carbocycles. The van der Waals surface area contributed by atoms with Gasteiger partial charge in [0, 0.05) is 7.11 Å². The van der Waals surface area contributed by atoms with Crippen LogP contribution in [0, 0.1) is 0 Å². The first kappa shape index (κ1) is 9.84. The van der Waals surface area contributed by atoms with E-state index in [1.165, 1.54) is 7.11 Å². The van der Waals surface area contributed by atoms with Crippen molar-refractivity contribution in [1.29, 1.82) is 0 Å². The second-order valence-corrected chi connectivity index (χ2v) is 2.03. The summed E-state index contributed by atoms with van der Waals surface area (Å²) in [6.45, 7) is 1.52. The summed E-state index contributed by atoms with van der Waals surface area (Å²) in [6, 6.07) is 0. The van der Waals surface area contributed by atoms with Crippen molar-refractivity contribution in [3.63, 3.8) is 0 Å². The number of hydrogen-bond acceptors (Lipinski definition) is 4. The molecule has 10 heavy (non-hydrogen) atoms. The number of ether oxygens (including phenoxy) is 2. The van der Waals surface area contributed by atoms with Crippen molar-refractivity contribution in [3.05, 3.63) is 0 Å². The van der Waals surface area contributed by atoms with E-state index in [1.54, 1.807) is 6.92 Å². The Kier molecular flexibility index (Phi) is 5.52. The lowest BCUT2D eigenvalue weighted by molar-refractivity contribution is -0.113. The fourth-order valence-electron chi connectivity index (χ4n) is 0.435. The zero-order valence-electron chi connectivity index (χ0n) is 6.28. The highest BCUT2D eigenvalue weighted by Crippen LogP contribution is 1.96. The zero-order chi connectivity index (χ0) is 7.98. The molecule has 4 heteroatoms. The molecule has 0 radical (unpaired) electrons. The Morgan fingerprint density at radius 2 is 2.10 bits per heavy atom. The third kappa shape index (κ3) is 3.79. The van der Waals surface area contributed by atoms with Crippen LogP contribution < -0.4 is 0 Å². The van der Waals surface area contributed by atoms with Gasteiger partial charge in [0.05, 0.1) is 12.7 Å². The molecule has 2 N–H and O–H groups in total. The second kappa shape index (κ2) is 5.61. The number of methoxy groups -OCH3 is 1. The minimum Gasteiger partial charge on any atom is -0.394 e. The van der Waals surface area contributed by atoms with Crippen LogP contribution in [0.25, 0.3) is 0 Å². The Morgan fingerprint density at radius 3 is 2.50 bits per heavy atom. The van der Waals surface area contributed by atoms with Crippen LogP contribution in [-0.2, 0) is 9.47 Å². The number of rotatable bonds is 5. The summed E-state index contributed by atoms with van der Waals surface area (Å²) >= 11 is 0. The highest BCUT2D eigenvalue weighted by atomic mass is 16.7. The molecule has 0 bridgehead atoms. The van der Waals surface area contributed by atoms with Gasteiger partial charge in [-0.15, -0.1) is 0 Å². The molecule has 0 fully saturated rings. The average molecular weight is 150 g/mol. The average Bonchev–Trinajstić information content (AvgIpc) is 1.98. The molecule has 0 aliphatic carbocycles. The lowest BCUT2D eigenvalue weighted by Gasteiger charge is -2.16. The smallest absolute Gasteiger partial charge is 0.146 e. The van der Waals surface area contributed by atoms with Gasteiger partial charge in [0.1, 0.15) is 12.9 Å². The van der Waals surface area contributed by atoms with Gasteiger partial charge in [0.15, 0.2) is 0 Å². The first-order valence-corrected chi connectivity index (χ1v) is 3.11. The van der Waals surface area contributed by atoms with Crippen LogP contribution in [0.4, 0.5) is 0 Å². The summed E-state index contributed by atoms with van der Waals surface area (Å²) in [5, 5.41) is 17.4. The topological polar surface area (TPSA) is 58.9 Å². The van der Waals surface area contributed by atoms with E-state index in [4.69, 9.17) is 14.9 Å². The number of hydrogen-bond donors (Lipinski definition) is 2. The van der Waals surface area contributed by atoms with Gasteiger partial charge in [0.25, 0.3) is 0 Å². The van der Waals surface area contributed by atoms with E-state index < -0.39 is 6.10 Å². The van der Waals surface area contributed by atoms with Crippen molar-refractivity contribution in [2.45, 2.75) is 19.1 Å². The van der Waals surface area contributed by atoms with Crippen LogP contribution in [-0.4, -0.2) is 42.9 Å². The Balaban J connectivity index is 3.31. The van der Waals surface area contributed by atoms with E-state index >= 15 is 0 Å². The molecule has 0 unspecified atom stereocenters. The van der Waals surface area contributed by atoms with Crippen molar-refractivity contribution >= 4 is 0 Å². The SMILES string of the molecule is COCO[C@@H](C)[C@H](O)CO. The predicted octanol–water partition coefficient (Wildman–Crippen LogP) is -0.651. The molecule has 0 amide bonds. The van der Waals surface area contributed by atoms with E-state index in [2.05, 4.69) is 4.74 Å². The zero-order valence-corrected chi connectivity index (χ0v) is 6.28. The third-order valence-corrected chi connectivity index (χ3v) is 1.18. The fraction of sp³-hybridized carbons (Fsp3) is 1.00. The quantitative estimate of drug-likeness (QED) is 0.511. The van der Waals surface area contributed by atoms with Gasteiger partial charge in [0.2, 0.25) is 0 Å². The van der Waals surface area contributed by atoms with E-state index in [0.717, 1.165) is 0 Å². The molecule has 4 nitrogen and oxygen atoms in total. The molecule has 0 spiro atoms. The lowest BCUT2D eigenvalue weighted by atomic mass is 10.2. The molecular formula is C6H14O4. The van der Waals surface area contributed by atoms with Crippen LogP contribution in [0.5, 0.6) is 0 Å². The molecule has 0 aromatic carbocycles. The van der Waals surface area contributed by atoms with E-state index in [9.17, 15) is 0 Å². The lowest BCUT2D eigenvalue weighted by Crippen LogP contribution is -2.29. The van der Waals surface area contributed by atoms with Crippen molar-refractivity contribution in [2.75, 3.05) is 20.5 Å². The summed E-state index contributed by atoms with van der Waals surface area (Å²) in [5.41, 5.74) is 0. The largest absolute Gasteiger partial charge is 0.394 e. The van der Waals surface area contributed by atoms with Gasteiger partial charge in [-0.1, -0.05) is 0 Å². The molecule has 0 saturated heterocycles. The van der Waals surface area contributed by atoms with E-state index in [0.29, 0.717) is 0 Å². The minimum atomic E-state index is -0.824. The highest BCUT2D eigenvalue weighted by molar-refractivity contribution is 4.60. The molecule has 62 valence electrons. The van der Waals surface area contributed by atoms with Crippen LogP contribution in [0.3, 0.4) is 0 Å². The van der Waals surface area contributed by atoms with Crippen LogP contribution >= 0.6 is 0 Å². The highest BCUT2D eigenvalue weighted by Gasteiger charge is 2.12. The number of aliphatic hydroxyl groups excluding tert-OH is 2. The molecular weight excluding hydrogens is 136 g/mol. The Bertz CT molecular complexity index is 76.1. The van der Waals surface area contributed by atoms with Gasteiger partial charge in [-0.3, -0.25) is 0 Å². The van der Waals surface area contributed by atoms with Crippen LogP contribution in [0.1, 0.15) is 6.92 Å². The Morgan fingerprint density at radius 1 is 1.50 bits per heavy atom. The summed E-state index contributed by atoms with van der Waals surface area (Å²) in [6.07, 6.45) is -1.21. The van der Waals surface area contributed by atoms with Gasteiger partial charge in [-0.05, 0) is 6.92 Å². The van der Waals surface area contributed by atoms with Crippen molar-refractivity contribution < 1.29 is 19.7 Å². The predicted molar refractivity (Wildman–Crippen MR) is 35.5 cm³/mol. The third-order valence-electron chi connectivity index (χ3n) is 1.18. The van der Waals surface area contributed by atoms with Gasteiger partial charge in [-0.2, -0.15) is 0 Å². The van der Waals surface area contributed by atoms with Gasteiger partial charge < -0.3 is 19.7 Å². The van der Waals surface area contributed by atoms with Gasteiger partial charge in [-0.25, -0.2) is 0 Å². The molecule has 0 aromatic rings. The molecule has 0 aliphatic rings. The Labute approximate surface area is 60.4 Å². The monoisotopic (exact) mass is 150 g/mol. The molecule has 0 heterocycles. The number of aliphatic hydroxyl groups is 2. The fourth-order valence-corrected chi connectivity index (χ4v) is 0.435. The van der Waals surface area contributed by atoms with Crippen molar-refractivity contribution in [3.8, 4) is 0 Å². The van der Waals surface area contributed by atoms with Crippen molar-refractivity contribution in [1.82, 2.24) is 0 Å². The minimum absolute atomic E-state index is 0.137. The van der Waals surface area contributed by atoms with Crippen LogP contribution in [0.15, 0.2) is 0 Å². The normalized spacial score (nSPS) is 16.8. The maximum absolute atomic E-state index is 8.92. The maximum atomic E-state index is 8.92. The summed E-state index contributed by atoms with van der Waals surface area (Å²) in [7, 11) is 1.50. The first-order valence-electron chi connectivity index (χ1n) is 3.11. The molecule has 0 rings (SSSR count). The Hall–Kier alpha value is -0.160. The second-order valence-electron chi connectivity index (χ2n) is 2.03. The molecule has 0 aliphatic heterocycles.